The molecule has 0 aliphatic rings. The molecule has 1 nitrogen and oxygen atoms in total. The minimum absolute atomic E-state index is 0.0341. The summed E-state index contributed by atoms with van der Waals surface area (Å²) in [6, 6.07) is 13.5. The second-order valence-electron chi connectivity index (χ2n) is 6.79. The van der Waals surface area contributed by atoms with Gasteiger partial charge in [-0.3, -0.25) is 0 Å². The fraction of sp³-hybridized carbons (Fsp3) is 0.130. The first-order valence-corrected chi connectivity index (χ1v) is 9.17. The molecule has 168 valence electrons. The smallest absolute Gasteiger partial charge is 0.399 e. The molecular formula is C23H14F8O. The fourth-order valence-corrected chi connectivity index (χ4v) is 3.02. The summed E-state index contributed by atoms with van der Waals surface area (Å²) >= 11 is 0. The molecule has 0 atom stereocenters. The molecule has 0 amide bonds. The van der Waals surface area contributed by atoms with Gasteiger partial charge in [0, 0.05) is 5.56 Å². The Morgan fingerprint density at radius 2 is 1.16 bits per heavy atom. The molecule has 0 aliphatic heterocycles. The second kappa shape index (κ2) is 9.42. The average Bonchev–Trinajstić information content (AvgIpc) is 2.74. The van der Waals surface area contributed by atoms with E-state index in [0.717, 1.165) is 23.3 Å². The number of aryl methyl sites for hydroxylation is 2. The van der Waals surface area contributed by atoms with Crippen LogP contribution in [-0.4, -0.2) is 6.36 Å². The number of rotatable bonds is 6. The van der Waals surface area contributed by atoms with Crippen LogP contribution in [-0.2, 0) is 12.8 Å². The zero-order chi connectivity index (χ0) is 23.5. The van der Waals surface area contributed by atoms with Gasteiger partial charge in [0.1, 0.15) is 0 Å². The zero-order valence-corrected chi connectivity index (χ0v) is 16.1. The van der Waals surface area contributed by atoms with Crippen LogP contribution in [0.2, 0.25) is 0 Å². The minimum atomic E-state index is -5.22. The Morgan fingerprint density at radius 1 is 0.688 bits per heavy atom. The molecule has 0 saturated heterocycles. The van der Waals surface area contributed by atoms with Gasteiger partial charge < -0.3 is 4.74 Å². The molecule has 0 saturated carbocycles. The summed E-state index contributed by atoms with van der Waals surface area (Å²) < 4.78 is 106. The Labute approximate surface area is 177 Å². The summed E-state index contributed by atoms with van der Waals surface area (Å²) in [6.45, 7) is 0. The summed E-state index contributed by atoms with van der Waals surface area (Å²) in [4.78, 5) is 0. The Kier molecular flexibility index (Phi) is 6.86. The van der Waals surface area contributed by atoms with E-state index in [1.54, 1.807) is 24.3 Å². The molecule has 3 aromatic carbocycles. The van der Waals surface area contributed by atoms with Crippen LogP contribution in [0.15, 0.2) is 66.7 Å². The van der Waals surface area contributed by atoms with Crippen molar-refractivity contribution in [1.82, 2.24) is 0 Å². The van der Waals surface area contributed by atoms with Gasteiger partial charge in [-0.15, -0.1) is 13.2 Å². The molecule has 32 heavy (non-hydrogen) atoms. The van der Waals surface area contributed by atoms with Crippen molar-refractivity contribution in [3.63, 3.8) is 0 Å². The first-order valence-electron chi connectivity index (χ1n) is 9.17. The number of alkyl halides is 3. The zero-order valence-electron chi connectivity index (χ0n) is 16.1. The van der Waals surface area contributed by atoms with Crippen LogP contribution in [0.4, 0.5) is 35.1 Å². The van der Waals surface area contributed by atoms with Crippen LogP contribution in [0, 0.1) is 11.6 Å². The summed E-state index contributed by atoms with van der Waals surface area (Å²) in [5, 5.41) is 0. The van der Waals surface area contributed by atoms with Crippen molar-refractivity contribution in [1.29, 1.82) is 0 Å². The number of ether oxygens (including phenoxy) is 1. The van der Waals surface area contributed by atoms with Crippen molar-refractivity contribution in [3.8, 4) is 16.9 Å². The number of hydrogen-bond donors (Lipinski definition) is 0. The van der Waals surface area contributed by atoms with Crippen molar-refractivity contribution < 1.29 is 39.9 Å². The van der Waals surface area contributed by atoms with Gasteiger partial charge in [-0.05, 0) is 47.2 Å². The third kappa shape index (κ3) is 5.87. The lowest BCUT2D eigenvalue weighted by atomic mass is 9.99. The van der Waals surface area contributed by atoms with Crippen molar-refractivity contribution in [2.45, 2.75) is 19.2 Å². The Bertz CT molecular complexity index is 1090. The minimum Gasteiger partial charge on any atom is -0.399 e. The summed E-state index contributed by atoms with van der Waals surface area (Å²) in [5.74, 6) is -6.06. The van der Waals surface area contributed by atoms with Crippen LogP contribution in [0.3, 0.4) is 0 Å². The Hall–Kier alpha value is -3.36. The monoisotopic (exact) mass is 458 g/mol. The maximum absolute atomic E-state index is 13.9. The highest BCUT2D eigenvalue weighted by Gasteiger charge is 2.34. The van der Waals surface area contributed by atoms with Gasteiger partial charge in [-0.2, -0.15) is 8.78 Å². The molecule has 0 heterocycles. The van der Waals surface area contributed by atoms with Crippen molar-refractivity contribution in [2.24, 2.45) is 0 Å². The molecule has 0 unspecified atom stereocenters. The topological polar surface area (TPSA) is 9.23 Å². The average molecular weight is 458 g/mol. The van der Waals surface area contributed by atoms with Gasteiger partial charge in [-0.25, -0.2) is 13.2 Å². The highest BCUT2D eigenvalue weighted by atomic mass is 19.4. The van der Waals surface area contributed by atoms with E-state index in [1.807, 2.05) is 0 Å². The fourth-order valence-electron chi connectivity index (χ4n) is 3.02. The molecule has 3 aromatic rings. The van der Waals surface area contributed by atoms with E-state index in [0.29, 0.717) is 18.4 Å². The first-order chi connectivity index (χ1) is 15.0. The second-order valence-corrected chi connectivity index (χ2v) is 6.79. The van der Waals surface area contributed by atoms with E-state index < -0.39 is 35.7 Å². The van der Waals surface area contributed by atoms with Crippen molar-refractivity contribution >= 4 is 5.83 Å². The predicted molar refractivity (Wildman–Crippen MR) is 103 cm³/mol. The molecule has 9 heteroatoms. The van der Waals surface area contributed by atoms with Gasteiger partial charge in [0.05, 0.1) is 0 Å². The van der Waals surface area contributed by atoms with Crippen LogP contribution in [0.1, 0.15) is 16.7 Å². The van der Waals surface area contributed by atoms with Crippen molar-refractivity contribution in [3.05, 3.63) is 95.1 Å². The first kappa shape index (κ1) is 23.3. The molecular weight excluding hydrogens is 444 g/mol. The normalized spacial score (nSPS) is 11.4. The van der Waals surface area contributed by atoms with Gasteiger partial charge in [-0.1, -0.05) is 48.5 Å². The maximum Gasteiger partial charge on any atom is 0.573 e. The standard InChI is InChI=1S/C23H14F8O/c24-18-11-17(12-19(25)21(18)32-23(29,30)31)15-7-3-13(4-8-15)1-2-14-5-9-16(10-6-14)20(26)22(27)28/h3-12H,1-2H2. The molecule has 0 aromatic heterocycles. The van der Waals surface area contributed by atoms with E-state index in [4.69, 9.17) is 0 Å². The number of halogens is 8. The van der Waals surface area contributed by atoms with Gasteiger partial charge in [0.25, 0.3) is 0 Å². The number of benzene rings is 3. The van der Waals surface area contributed by atoms with E-state index in [9.17, 15) is 35.1 Å². The summed E-state index contributed by atoms with van der Waals surface area (Å²) in [7, 11) is 0. The maximum atomic E-state index is 13.9. The molecule has 0 radical (unpaired) electrons. The molecule has 0 bridgehead atoms. The lowest BCUT2D eigenvalue weighted by Crippen LogP contribution is -2.19. The Morgan fingerprint density at radius 3 is 1.59 bits per heavy atom. The van der Waals surface area contributed by atoms with Gasteiger partial charge in [0.2, 0.25) is 5.75 Å². The molecule has 0 fully saturated rings. The highest BCUT2D eigenvalue weighted by molar-refractivity contribution is 5.65. The lowest BCUT2D eigenvalue weighted by Gasteiger charge is -2.12. The third-order valence-electron chi connectivity index (χ3n) is 4.58. The quantitative estimate of drug-likeness (QED) is 0.342. The summed E-state index contributed by atoms with van der Waals surface area (Å²) in [5.41, 5.74) is 1.83. The van der Waals surface area contributed by atoms with Crippen LogP contribution >= 0.6 is 0 Å². The molecule has 0 N–H and O–H groups in total. The van der Waals surface area contributed by atoms with Gasteiger partial charge in [0.15, 0.2) is 17.5 Å². The highest BCUT2D eigenvalue weighted by Crippen LogP contribution is 2.32. The van der Waals surface area contributed by atoms with Crippen LogP contribution < -0.4 is 4.74 Å². The van der Waals surface area contributed by atoms with E-state index >= 15 is 0 Å². The van der Waals surface area contributed by atoms with Crippen LogP contribution in [0.5, 0.6) is 5.75 Å². The largest absolute Gasteiger partial charge is 0.573 e. The van der Waals surface area contributed by atoms with Crippen LogP contribution in [0.25, 0.3) is 17.0 Å². The third-order valence-corrected chi connectivity index (χ3v) is 4.58. The lowest BCUT2D eigenvalue weighted by molar-refractivity contribution is -0.276. The molecule has 0 spiro atoms. The molecule has 0 aliphatic carbocycles. The Balaban J connectivity index is 1.68. The summed E-state index contributed by atoms with van der Waals surface area (Å²) in [6.07, 6.45) is -6.55. The predicted octanol–water partition coefficient (Wildman–Crippen LogP) is 7.85. The number of hydrogen-bond acceptors (Lipinski definition) is 1. The SMILES string of the molecule is FC(F)=C(F)c1ccc(CCc2ccc(-c3cc(F)c(OC(F)(F)F)c(F)c3)cc2)cc1. The molecule has 3 rings (SSSR count). The van der Waals surface area contributed by atoms with E-state index in [2.05, 4.69) is 4.74 Å². The van der Waals surface area contributed by atoms with Gasteiger partial charge >= 0.3 is 12.4 Å². The van der Waals surface area contributed by atoms with E-state index in [-0.39, 0.29) is 11.1 Å². The van der Waals surface area contributed by atoms with E-state index in [1.165, 1.54) is 24.3 Å². The van der Waals surface area contributed by atoms with Crippen molar-refractivity contribution in [2.75, 3.05) is 0 Å².